The van der Waals surface area contributed by atoms with Gasteiger partial charge >= 0.3 is 0 Å². The van der Waals surface area contributed by atoms with E-state index >= 15 is 0 Å². The predicted molar refractivity (Wildman–Crippen MR) is 128 cm³/mol. The molecular formula is C27H28N4. The van der Waals surface area contributed by atoms with E-state index in [1.54, 1.807) is 0 Å². The van der Waals surface area contributed by atoms with Gasteiger partial charge in [-0.2, -0.15) is 0 Å². The summed E-state index contributed by atoms with van der Waals surface area (Å²) in [6, 6.07) is 21.6. The number of imidazole rings is 2. The molecular weight excluding hydrogens is 380 g/mol. The van der Waals surface area contributed by atoms with Gasteiger partial charge in [-0.3, -0.25) is 0 Å². The van der Waals surface area contributed by atoms with E-state index in [1.165, 1.54) is 22.2 Å². The standard InChI is InChI=1S/C27H28N4/c1-5-8-25-29-26-19(3)15-21(27-28-22-9-6-7-10-23(22)30(27)4)16-24(26)31(25)17-20-13-11-18(2)12-14-20/h6-7,9-16H,5,8,17H2,1-4H3. The van der Waals surface area contributed by atoms with E-state index in [1.807, 2.05) is 6.07 Å². The predicted octanol–water partition coefficient (Wildman–Crippen LogP) is 6.21. The van der Waals surface area contributed by atoms with E-state index in [9.17, 15) is 0 Å². The average molecular weight is 409 g/mol. The van der Waals surface area contributed by atoms with Crippen molar-refractivity contribution in [2.45, 2.75) is 40.2 Å². The van der Waals surface area contributed by atoms with Crippen LogP contribution >= 0.6 is 0 Å². The third-order valence-corrected chi connectivity index (χ3v) is 6.10. The van der Waals surface area contributed by atoms with Crippen LogP contribution in [0.3, 0.4) is 0 Å². The van der Waals surface area contributed by atoms with E-state index in [0.717, 1.165) is 53.1 Å². The number of nitrogens with zero attached hydrogens (tertiary/aromatic N) is 4. The Morgan fingerprint density at radius 1 is 0.871 bits per heavy atom. The number of para-hydroxylation sites is 2. The lowest BCUT2D eigenvalue weighted by Gasteiger charge is -2.11. The zero-order valence-corrected chi connectivity index (χ0v) is 18.7. The van der Waals surface area contributed by atoms with Gasteiger partial charge in [0.15, 0.2) is 0 Å². The maximum atomic E-state index is 5.05. The second-order valence-corrected chi connectivity index (χ2v) is 8.49. The molecule has 4 heteroatoms. The van der Waals surface area contributed by atoms with Crippen molar-refractivity contribution in [1.29, 1.82) is 0 Å². The van der Waals surface area contributed by atoms with Crippen molar-refractivity contribution in [1.82, 2.24) is 19.1 Å². The molecule has 156 valence electrons. The first-order valence-corrected chi connectivity index (χ1v) is 11.0. The molecule has 2 heterocycles. The number of aromatic nitrogens is 4. The molecule has 0 aliphatic rings. The van der Waals surface area contributed by atoms with Crippen LogP contribution in [0.15, 0.2) is 60.7 Å². The number of hydrogen-bond donors (Lipinski definition) is 0. The summed E-state index contributed by atoms with van der Waals surface area (Å²) < 4.78 is 4.58. The Morgan fingerprint density at radius 2 is 1.65 bits per heavy atom. The molecule has 0 saturated heterocycles. The van der Waals surface area contributed by atoms with Crippen LogP contribution in [0.1, 0.15) is 35.9 Å². The molecule has 3 aromatic carbocycles. The molecule has 0 atom stereocenters. The van der Waals surface area contributed by atoms with Gasteiger partial charge in [-0.05, 0) is 55.7 Å². The molecule has 31 heavy (non-hydrogen) atoms. The summed E-state index contributed by atoms with van der Waals surface area (Å²) in [5.74, 6) is 2.15. The van der Waals surface area contributed by atoms with E-state index in [-0.39, 0.29) is 0 Å². The molecule has 0 aliphatic carbocycles. The maximum Gasteiger partial charge on any atom is 0.140 e. The largest absolute Gasteiger partial charge is 0.327 e. The summed E-state index contributed by atoms with van der Waals surface area (Å²) in [5, 5.41) is 0. The van der Waals surface area contributed by atoms with Crippen LogP contribution in [-0.2, 0) is 20.0 Å². The van der Waals surface area contributed by atoms with Gasteiger partial charge < -0.3 is 9.13 Å². The summed E-state index contributed by atoms with van der Waals surface area (Å²) >= 11 is 0. The zero-order chi connectivity index (χ0) is 21.5. The summed E-state index contributed by atoms with van der Waals surface area (Å²) in [5.41, 5.74) is 9.37. The number of aryl methyl sites for hydroxylation is 4. The SMILES string of the molecule is CCCc1nc2c(C)cc(-c3nc4ccccc4n3C)cc2n1Cc1ccc(C)cc1. The van der Waals surface area contributed by atoms with Crippen LogP contribution < -0.4 is 0 Å². The van der Waals surface area contributed by atoms with Gasteiger partial charge in [0.1, 0.15) is 11.6 Å². The van der Waals surface area contributed by atoms with E-state index in [4.69, 9.17) is 9.97 Å². The van der Waals surface area contributed by atoms with Gasteiger partial charge in [0.2, 0.25) is 0 Å². The van der Waals surface area contributed by atoms with Gasteiger partial charge in [-0.25, -0.2) is 9.97 Å². The smallest absolute Gasteiger partial charge is 0.140 e. The average Bonchev–Trinajstić information content (AvgIpc) is 3.29. The zero-order valence-electron chi connectivity index (χ0n) is 18.7. The minimum atomic E-state index is 0.831. The molecule has 0 spiro atoms. The first-order valence-electron chi connectivity index (χ1n) is 11.0. The van der Waals surface area contributed by atoms with Crippen LogP contribution in [0.25, 0.3) is 33.5 Å². The van der Waals surface area contributed by atoms with Crippen molar-refractivity contribution >= 4 is 22.1 Å². The van der Waals surface area contributed by atoms with Crippen molar-refractivity contribution < 1.29 is 0 Å². The highest BCUT2D eigenvalue weighted by molar-refractivity contribution is 5.87. The molecule has 0 amide bonds. The topological polar surface area (TPSA) is 35.6 Å². The summed E-state index contributed by atoms with van der Waals surface area (Å²) in [6.07, 6.45) is 2.05. The summed E-state index contributed by atoms with van der Waals surface area (Å²) in [4.78, 5) is 9.98. The molecule has 0 unspecified atom stereocenters. The lowest BCUT2D eigenvalue weighted by Crippen LogP contribution is -2.05. The molecule has 0 fully saturated rings. The van der Waals surface area contributed by atoms with Crippen LogP contribution in [0.5, 0.6) is 0 Å². The molecule has 5 aromatic rings. The monoisotopic (exact) mass is 408 g/mol. The Labute approximate surface area is 183 Å². The third kappa shape index (κ3) is 3.42. The Bertz CT molecular complexity index is 1390. The molecule has 0 bridgehead atoms. The van der Waals surface area contributed by atoms with Crippen molar-refractivity contribution in [3.8, 4) is 11.4 Å². The first kappa shape index (κ1) is 19.6. The minimum Gasteiger partial charge on any atom is -0.327 e. The molecule has 4 nitrogen and oxygen atoms in total. The van der Waals surface area contributed by atoms with Crippen molar-refractivity contribution in [2.75, 3.05) is 0 Å². The fourth-order valence-corrected chi connectivity index (χ4v) is 4.44. The van der Waals surface area contributed by atoms with Gasteiger partial charge in [0.05, 0.1) is 22.1 Å². The van der Waals surface area contributed by atoms with Crippen LogP contribution in [-0.4, -0.2) is 19.1 Å². The quantitative estimate of drug-likeness (QED) is 0.347. The molecule has 0 saturated carbocycles. The normalized spacial score (nSPS) is 11.6. The van der Waals surface area contributed by atoms with Crippen molar-refractivity contribution in [3.05, 3.63) is 83.2 Å². The number of rotatable bonds is 5. The van der Waals surface area contributed by atoms with E-state index in [0.29, 0.717) is 0 Å². The van der Waals surface area contributed by atoms with Gasteiger partial charge in [0.25, 0.3) is 0 Å². The van der Waals surface area contributed by atoms with Crippen LogP contribution in [0, 0.1) is 13.8 Å². The summed E-state index contributed by atoms with van der Waals surface area (Å²) in [7, 11) is 2.09. The molecule has 2 aromatic heterocycles. The van der Waals surface area contributed by atoms with Crippen molar-refractivity contribution in [3.63, 3.8) is 0 Å². The Hall–Kier alpha value is -3.40. The molecule has 0 aliphatic heterocycles. The maximum absolute atomic E-state index is 5.05. The fourth-order valence-electron chi connectivity index (χ4n) is 4.44. The second-order valence-electron chi connectivity index (χ2n) is 8.49. The highest BCUT2D eigenvalue weighted by atomic mass is 15.1. The Balaban J connectivity index is 1.69. The highest BCUT2D eigenvalue weighted by Crippen LogP contribution is 2.30. The van der Waals surface area contributed by atoms with E-state index < -0.39 is 0 Å². The van der Waals surface area contributed by atoms with Crippen LogP contribution in [0.2, 0.25) is 0 Å². The van der Waals surface area contributed by atoms with E-state index in [2.05, 4.69) is 91.6 Å². The lowest BCUT2D eigenvalue weighted by atomic mass is 10.1. The minimum absolute atomic E-state index is 0.831. The van der Waals surface area contributed by atoms with Gasteiger partial charge in [0, 0.05) is 25.6 Å². The highest BCUT2D eigenvalue weighted by Gasteiger charge is 2.17. The van der Waals surface area contributed by atoms with Gasteiger partial charge in [-0.15, -0.1) is 0 Å². The number of hydrogen-bond acceptors (Lipinski definition) is 2. The molecule has 5 rings (SSSR count). The molecule has 0 N–H and O–H groups in total. The Kier molecular flexibility index (Phi) is 4.85. The van der Waals surface area contributed by atoms with Crippen molar-refractivity contribution in [2.24, 2.45) is 7.05 Å². The van der Waals surface area contributed by atoms with Gasteiger partial charge in [-0.1, -0.05) is 48.9 Å². The number of benzene rings is 3. The number of fused-ring (bicyclic) bond motifs is 2. The fraction of sp³-hybridized carbons (Fsp3) is 0.259. The first-order chi connectivity index (χ1) is 15.0. The second kappa shape index (κ2) is 7.69. The molecule has 0 radical (unpaired) electrons. The summed E-state index contributed by atoms with van der Waals surface area (Å²) in [6.45, 7) is 7.34. The Morgan fingerprint density at radius 3 is 2.39 bits per heavy atom. The lowest BCUT2D eigenvalue weighted by molar-refractivity contribution is 0.721. The third-order valence-electron chi connectivity index (χ3n) is 6.10. The van der Waals surface area contributed by atoms with Crippen LogP contribution in [0.4, 0.5) is 0 Å².